The number of allylic oxidation sites excluding steroid dienone is 1. The number of benzene rings is 3. The van der Waals surface area contributed by atoms with Crippen molar-refractivity contribution in [3.05, 3.63) is 105 Å². The summed E-state index contributed by atoms with van der Waals surface area (Å²) in [6.07, 6.45) is 1.44. The number of fused-ring (bicyclic) bond motifs is 1. The molecule has 0 bridgehead atoms. The van der Waals surface area contributed by atoms with Crippen molar-refractivity contribution in [3.63, 3.8) is 0 Å². The van der Waals surface area contributed by atoms with E-state index < -0.39 is 10.9 Å². The van der Waals surface area contributed by atoms with Crippen LogP contribution in [0.25, 0.3) is 6.08 Å². The van der Waals surface area contributed by atoms with E-state index in [1.54, 1.807) is 12.1 Å². The first kappa shape index (κ1) is 20.8. The highest BCUT2D eigenvalue weighted by Gasteiger charge is 2.28. The summed E-state index contributed by atoms with van der Waals surface area (Å²) in [5.74, 6) is -0.218. The minimum atomic E-state index is -0.530. The van der Waals surface area contributed by atoms with Gasteiger partial charge < -0.3 is 14.2 Å². The van der Waals surface area contributed by atoms with Gasteiger partial charge in [-0.25, -0.2) is 4.79 Å². The van der Waals surface area contributed by atoms with Gasteiger partial charge in [0.05, 0.1) is 10.5 Å². The fourth-order valence-corrected chi connectivity index (χ4v) is 3.06. The van der Waals surface area contributed by atoms with Gasteiger partial charge in [0.15, 0.2) is 12.4 Å². The second-order valence-corrected chi connectivity index (χ2v) is 6.88. The molecule has 3 aromatic carbocycles. The Morgan fingerprint density at radius 2 is 1.84 bits per heavy atom. The Hall–Kier alpha value is -4.46. The summed E-state index contributed by atoms with van der Waals surface area (Å²) in [4.78, 5) is 34.9. The number of nitro benzene ring substituents is 1. The first-order valence-corrected chi connectivity index (χ1v) is 9.65. The maximum atomic E-state index is 12.6. The Morgan fingerprint density at radius 1 is 1.03 bits per heavy atom. The smallest absolute Gasteiger partial charge is 0.344 e. The lowest BCUT2D eigenvalue weighted by Crippen LogP contribution is -2.14. The first-order valence-electron chi connectivity index (χ1n) is 9.65. The molecule has 8 heteroatoms. The van der Waals surface area contributed by atoms with E-state index in [-0.39, 0.29) is 36.2 Å². The predicted octanol–water partition coefficient (Wildman–Crippen LogP) is 4.33. The maximum absolute atomic E-state index is 12.6. The van der Waals surface area contributed by atoms with Crippen LogP contribution in [0.4, 0.5) is 5.69 Å². The molecule has 0 aromatic heterocycles. The largest absolute Gasteiger partial charge is 0.482 e. The number of hydrogen-bond donors (Lipinski definition) is 0. The van der Waals surface area contributed by atoms with Crippen molar-refractivity contribution in [3.8, 4) is 11.5 Å². The van der Waals surface area contributed by atoms with Crippen LogP contribution in [0, 0.1) is 10.1 Å². The van der Waals surface area contributed by atoms with Crippen molar-refractivity contribution >= 4 is 23.5 Å². The van der Waals surface area contributed by atoms with Crippen LogP contribution in [0.5, 0.6) is 11.5 Å². The number of nitrogens with zero attached hydrogens (tertiary/aromatic N) is 1. The Bertz CT molecular complexity index is 1220. The molecule has 1 aliphatic heterocycles. The van der Waals surface area contributed by atoms with Crippen LogP contribution in [-0.4, -0.2) is 23.3 Å². The van der Waals surface area contributed by atoms with E-state index in [9.17, 15) is 19.7 Å². The number of ketones is 1. The number of esters is 1. The molecule has 0 radical (unpaired) electrons. The number of carbonyl (C=O) groups excluding carboxylic acids is 2. The number of nitro groups is 1. The first-order chi connectivity index (χ1) is 15.5. The molecule has 0 N–H and O–H groups in total. The van der Waals surface area contributed by atoms with E-state index >= 15 is 0 Å². The van der Waals surface area contributed by atoms with E-state index in [1.165, 1.54) is 36.4 Å². The van der Waals surface area contributed by atoms with E-state index in [0.29, 0.717) is 16.9 Å². The highest BCUT2D eigenvalue weighted by atomic mass is 16.6. The van der Waals surface area contributed by atoms with Crippen LogP contribution in [0.3, 0.4) is 0 Å². The van der Waals surface area contributed by atoms with Crippen molar-refractivity contribution < 1.29 is 28.7 Å². The number of non-ortho nitro benzene ring substituents is 1. The van der Waals surface area contributed by atoms with Gasteiger partial charge in [-0.05, 0) is 29.3 Å². The molecule has 3 aromatic rings. The summed E-state index contributed by atoms with van der Waals surface area (Å²) in [5, 5.41) is 10.9. The summed E-state index contributed by atoms with van der Waals surface area (Å²) in [5.41, 5.74) is 1.58. The van der Waals surface area contributed by atoms with Crippen LogP contribution in [-0.2, 0) is 16.1 Å². The van der Waals surface area contributed by atoms with Crippen molar-refractivity contribution in [1.82, 2.24) is 0 Å². The third kappa shape index (κ3) is 4.81. The molecule has 0 unspecified atom stereocenters. The molecular weight excluding hydrogens is 414 g/mol. The summed E-state index contributed by atoms with van der Waals surface area (Å²) < 4.78 is 16.2. The molecule has 0 saturated heterocycles. The second kappa shape index (κ2) is 9.13. The Balaban J connectivity index is 1.39. The normalized spacial score (nSPS) is 13.4. The third-order valence-corrected chi connectivity index (χ3v) is 4.62. The molecule has 0 amide bonds. The molecule has 160 valence electrons. The quantitative estimate of drug-likeness (QED) is 0.237. The highest BCUT2D eigenvalue weighted by molar-refractivity contribution is 6.14. The maximum Gasteiger partial charge on any atom is 0.344 e. The molecule has 0 aliphatic carbocycles. The fraction of sp³-hybridized carbons (Fsp3) is 0.0833. The molecule has 32 heavy (non-hydrogen) atoms. The van der Waals surface area contributed by atoms with Crippen LogP contribution in [0.2, 0.25) is 0 Å². The minimum Gasteiger partial charge on any atom is -0.482 e. The predicted molar refractivity (Wildman–Crippen MR) is 114 cm³/mol. The number of Topliss-reactive ketones (excluding diaryl/α,β-unsaturated/α-hetero) is 1. The SMILES string of the molecule is O=C(COc1ccc2c(c1)O/C(=C\c1cccc([N+](=O)[O-])c1)C2=O)OCc1ccccc1. The average molecular weight is 431 g/mol. The van der Waals surface area contributed by atoms with E-state index in [4.69, 9.17) is 14.2 Å². The molecule has 8 nitrogen and oxygen atoms in total. The van der Waals surface area contributed by atoms with E-state index in [0.717, 1.165) is 5.56 Å². The van der Waals surface area contributed by atoms with Gasteiger partial charge in [0.2, 0.25) is 5.78 Å². The van der Waals surface area contributed by atoms with Crippen molar-refractivity contribution in [1.29, 1.82) is 0 Å². The highest BCUT2D eigenvalue weighted by Crippen LogP contribution is 2.35. The summed E-state index contributed by atoms with van der Waals surface area (Å²) in [7, 11) is 0. The zero-order valence-corrected chi connectivity index (χ0v) is 16.7. The lowest BCUT2D eigenvalue weighted by atomic mass is 10.1. The van der Waals surface area contributed by atoms with Crippen LogP contribution in [0.1, 0.15) is 21.5 Å². The topological polar surface area (TPSA) is 105 Å². The second-order valence-electron chi connectivity index (χ2n) is 6.88. The van der Waals surface area contributed by atoms with E-state index in [2.05, 4.69) is 0 Å². The number of rotatable bonds is 7. The molecule has 0 saturated carbocycles. The van der Waals surface area contributed by atoms with Crippen molar-refractivity contribution in [2.75, 3.05) is 6.61 Å². The molecule has 4 rings (SSSR count). The van der Waals surface area contributed by atoms with Crippen LogP contribution >= 0.6 is 0 Å². The third-order valence-electron chi connectivity index (χ3n) is 4.62. The zero-order valence-electron chi connectivity index (χ0n) is 16.7. The Kier molecular flexibility index (Phi) is 5.94. The van der Waals surface area contributed by atoms with Gasteiger partial charge in [-0.15, -0.1) is 0 Å². The van der Waals surface area contributed by atoms with Gasteiger partial charge in [0, 0.05) is 18.2 Å². The Morgan fingerprint density at radius 3 is 2.62 bits per heavy atom. The van der Waals surface area contributed by atoms with Crippen LogP contribution in [0.15, 0.2) is 78.6 Å². The Labute approximate surface area is 182 Å². The number of carbonyl (C=O) groups is 2. The molecule has 1 aliphatic rings. The van der Waals surface area contributed by atoms with Crippen LogP contribution < -0.4 is 9.47 Å². The summed E-state index contributed by atoms with van der Waals surface area (Å²) in [6.45, 7) is -0.146. The van der Waals surface area contributed by atoms with Gasteiger partial charge in [-0.1, -0.05) is 42.5 Å². The summed E-state index contributed by atoms with van der Waals surface area (Å²) >= 11 is 0. The minimum absolute atomic E-state index is 0.0416. The van der Waals surface area contributed by atoms with E-state index in [1.807, 2.05) is 30.3 Å². The zero-order chi connectivity index (χ0) is 22.5. The van der Waals surface area contributed by atoms with Gasteiger partial charge >= 0.3 is 5.97 Å². The number of hydrogen-bond acceptors (Lipinski definition) is 7. The lowest BCUT2D eigenvalue weighted by Gasteiger charge is -2.08. The van der Waals surface area contributed by atoms with Crippen molar-refractivity contribution in [2.24, 2.45) is 0 Å². The van der Waals surface area contributed by atoms with Gasteiger partial charge in [-0.2, -0.15) is 0 Å². The average Bonchev–Trinajstić information content (AvgIpc) is 3.11. The monoisotopic (exact) mass is 431 g/mol. The van der Waals surface area contributed by atoms with Crippen molar-refractivity contribution in [2.45, 2.75) is 6.61 Å². The molecule has 0 spiro atoms. The van der Waals surface area contributed by atoms with Gasteiger partial charge in [-0.3, -0.25) is 14.9 Å². The lowest BCUT2D eigenvalue weighted by molar-refractivity contribution is -0.384. The number of ether oxygens (including phenoxy) is 3. The van der Waals surface area contributed by atoms with Gasteiger partial charge in [0.1, 0.15) is 18.1 Å². The van der Waals surface area contributed by atoms with Gasteiger partial charge in [0.25, 0.3) is 5.69 Å². The molecule has 0 fully saturated rings. The molecule has 1 heterocycles. The molecule has 0 atom stereocenters. The molecular formula is C24H17NO7. The fourth-order valence-electron chi connectivity index (χ4n) is 3.06. The standard InChI is InChI=1S/C24H17NO7/c26-23(31-14-16-5-2-1-3-6-16)15-30-19-9-10-20-21(13-19)32-22(24(20)27)12-17-7-4-8-18(11-17)25(28)29/h1-13H,14-15H2/b22-12-. The summed E-state index contributed by atoms with van der Waals surface area (Å²) in [6, 6.07) is 19.8.